The molecule has 0 saturated carbocycles. The van der Waals surface area contributed by atoms with E-state index in [1.807, 2.05) is 0 Å². The third-order valence-electron chi connectivity index (χ3n) is 4.74. The zero-order chi connectivity index (χ0) is 17.3. The first-order valence-electron chi connectivity index (χ1n) is 8.76. The lowest BCUT2D eigenvalue weighted by Gasteiger charge is -2.32. The number of anilines is 2. The lowest BCUT2D eigenvalue weighted by atomic mass is 10.0. The monoisotopic (exact) mass is 331 g/mol. The van der Waals surface area contributed by atoms with E-state index in [0.29, 0.717) is 18.5 Å². The van der Waals surface area contributed by atoms with Crippen molar-refractivity contribution < 1.29 is 5.11 Å². The van der Waals surface area contributed by atoms with E-state index in [0.717, 1.165) is 37.7 Å². The highest BCUT2D eigenvalue weighted by atomic mass is 16.3. The highest BCUT2D eigenvalue weighted by Gasteiger charge is 2.32. The molecule has 2 aliphatic rings. The van der Waals surface area contributed by atoms with Crippen LogP contribution in [-0.4, -0.2) is 72.4 Å². The predicted octanol–water partition coefficient (Wildman–Crippen LogP) is 1.38. The Kier molecular flexibility index (Phi) is 5.06. The van der Waals surface area contributed by atoms with E-state index in [1.165, 1.54) is 5.57 Å². The maximum absolute atomic E-state index is 10.1. The van der Waals surface area contributed by atoms with Crippen LogP contribution in [-0.2, 0) is 0 Å². The zero-order valence-corrected chi connectivity index (χ0v) is 15.2. The second kappa shape index (κ2) is 7.07. The smallest absolute Gasteiger partial charge is 0.134 e. The fraction of sp³-hybridized carbons (Fsp3) is 0.667. The van der Waals surface area contributed by atoms with Gasteiger partial charge in [-0.1, -0.05) is 18.6 Å². The van der Waals surface area contributed by atoms with E-state index in [1.54, 1.807) is 6.33 Å². The van der Waals surface area contributed by atoms with Crippen molar-refractivity contribution in [2.24, 2.45) is 5.92 Å². The SMILES string of the molecule is CC1=CC(C)CN(c2cc(N3C[C@H](O)C[C@@H]3CN(C)C)ncn2)C1. The molecule has 3 rings (SSSR count). The van der Waals surface area contributed by atoms with Crippen LogP contribution in [0.5, 0.6) is 0 Å². The van der Waals surface area contributed by atoms with E-state index >= 15 is 0 Å². The molecule has 2 aliphatic heterocycles. The molecule has 6 heteroatoms. The Labute approximate surface area is 144 Å². The van der Waals surface area contributed by atoms with E-state index in [2.05, 4.69) is 64.8 Å². The van der Waals surface area contributed by atoms with E-state index in [9.17, 15) is 5.11 Å². The number of rotatable bonds is 4. The molecule has 3 heterocycles. The molecule has 1 aromatic rings. The number of aliphatic hydroxyl groups is 1. The van der Waals surface area contributed by atoms with Gasteiger partial charge in [-0.3, -0.25) is 0 Å². The summed E-state index contributed by atoms with van der Waals surface area (Å²) in [6, 6.07) is 2.37. The van der Waals surface area contributed by atoms with Crippen LogP contribution in [0.15, 0.2) is 24.0 Å². The van der Waals surface area contributed by atoms with Crippen LogP contribution in [0.2, 0.25) is 0 Å². The number of likely N-dealkylation sites (N-methyl/N-ethyl adjacent to an activating group) is 1. The first-order valence-corrected chi connectivity index (χ1v) is 8.76. The number of nitrogens with zero attached hydrogens (tertiary/aromatic N) is 5. The molecule has 6 nitrogen and oxygen atoms in total. The molecule has 0 spiro atoms. The molecule has 0 bridgehead atoms. The highest BCUT2D eigenvalue weighted by Crippen LogP contribution is 2.28. The Morgan fingerprint density at radius 1 is 1.25 bits per heavy atom. The van der Waals surface area contributed by atoms with E-state index in [-0.39, 0.29) is 6.10 Å². The minimum atomic E-state index is -0.284. The Morgan fingerprint density at radius 2 is 2.00 bits per heavy atom. The lowest BCUT2D eigenvalue weighted by Crippen LogP contribution is -2.38. The maximum atomic E-state index is 10.1. The highest BCUT2D eigenvalue weighted by molar-refractivity contribution is 5.53. The van der Waals surface area contributed by atoms with Gasteiger partial charge in [0.25, 0.3) is 0 Å². The van der Waals surface area contributed by atoms with Crippen molar-refractivity contribution in [3.05, 3.63) is 24.0 Å². The summed E-state index contributed by atoms with van der Waals surface area (Å²) in [5, 5.41) is 10.1. The van der Waals surface area contributed by atoms with Gasteiger partial charge in [-0.25, -0.2) is 9.97 Å². The van der Waals surface area contributed by atoms with Gasteiger partial charge < -0.3 is 19.8 Å². The van der Waals surface area contributed by atoms with Gasteiger partial charge in [0.15, 0.2) is 0 Å². The first kappa shape index (κ1) is 17.2. The Hall–Kier alpha value is -1.66. The average molecular weight is 331 g/mol. The zero-order valence-electron chi connectivity index (χ0n) is 15.2. The molecule has 1 N–H and O–H groups in total. The summed E-state index contributed by atoms with van der Waals surface area (Å²) in [5.74, 6) is 2.43. The molecular weight excluding hydrogens is 302 g/mol. The number of aliphatic hydroxyl groups excluding tert-OH is 1. The molecule has 0 amide bonds. The van der Waals surface area contributed by atoms with Crippen LogP contribution in [0.25, 0.3) is 0 Å². The Bertz CT molecular complexity index is 603. The van der Waals surface area contributed by atoms with Crippen LogP contribution in [0.4, 0.5) is 11.6 Å². The summed E-state index contributed by atoms with van der Waals surface area (Å²) in [7, 11) is 4.14. The standard InChI is InChI=1S/C18H29N5O/c1-13-5-14(2)9-22(8-13)17-7-18(20-12-19-17)23-11-16(24)6-15(23)10-21(3)4/h5,7,12-13,15-16,24H,6,8-11H2,1-4H3/t13?,15-,16-/m1/s1. The van der Waals surface area contributed by atoms with E-state index in [4.69, 9.17) is 0 Å². The number of β-amino-alcohol motifs (C(OH)–C–C–N with tert-alkyl or cyclic N) is 1. The first-order chi connectivity index (χ1) is 11.4. The molecule has 1 unspecified atom stereocenters. The van der Waals surface area contributed by atoms with Gasteiger partial charge in [0, 0.05) is 38.3 Å². The summed E-state index contributed by atoms with van der Waals surface area (Å²) in [6.45, 7) is 7.88. The van der Waals surface area contributed by atoms with Gasteiger partial charge in [0.05, 0.1) is 6.10 Å². The second-order valence-corrected chi connectivity index (χ2v) is 7.56. The second-order valence-electron chi connectivity index (χ2n) is 7.56. The molecule has 0 radical (unpaired) electrons. The topological polar surface area (TPSA) is 55.7 Å². The van der Waals surface area contributed by atoms with Crippen molar-refractivity contribution >= 4 is 11.6 Å². The van der Waals surface area contributed by atoms with Crippen LogP contribution < -0.4 is 9.80 Å². The van der Waals surface area contributed by atoms with Gasteiger partial charge in [-0.05, 0) is 33.4 Å². The molecule has 0 aliphatic carbocycles. The molecule has 132 valence electrons. The molecule has 1 saturated heterocycles. The Morgan fingerprint density at radius 3 is 2.71 bits per heavy atom. The molecular formula is C18H29N5O. The number of hydrogen-bond acceptors (Lipinski definition) is 6. The van der Waals surface area contributed by atoms with Gasteiger partial charge in [0.1, 0.15) is 18.0 Å². The Balaban J connectivity index is 1.81. The quantitative estimate of drug-likeness (QED) is 0.841. The summed E-state index contributed by atoms with van der Waals surface area (Å²) < 4.78 is 0. The van der Waals surface area contributed by atoms with Crippen molar-refractivity contribution in [1.29, 1.82) is 0 Å². The summed E-state index contributed by atoms with van der Waals surface area (Å²) in [5.41, 5.74) is 1.39. The van der Waals surface area contributed by atoms with Crippen LogP contribution >= 0.6 is 0 Å². The van der Waals surface area contributed by atoms with Crippen molar-refractivity contribution in [3.63, 3.8) is 0 Å². The third kappa shape index (κ3) is 3.87. The van der Waals surface area contributed by atoms with Crippen LogP contribution in [0.1, 0.15) is 20.3 Å². The van der Waals surface area contributed by atoms with Gasteiger partial charge in [-0.15, -0.1) is 0 Å². The molecule has 1 aromatic heterocycles. The average Bonchev–Trinajstić information content (AvgIpc) is 2.86. The summed E-state index contributed by atoms with van der Waals surface area (Å²) in [6.07, 6.45) is 4.50. The van der Waals surface area contributed by atoms with Gasteiger partial charge in [-0.2, -0.15) is 0 Å². The van der Waals surface area contributed by atoms with Gasteiger partial charge in [0.2, 0.25) is 0 Å². The largest absolute Gasteiger partial charge is 0.391 e. The summed E-state index contributed by atoms with van der Waals surface area (Å²) >= 11 is 0. The van der Waals surface area contributed by atoms with Crippen LogP contribution in [0, 0.1) is 5.92 Å². The van der Waals surface area contributed by atoms with Crippen molar-refractivity contribution in [1.82, 2.24) is 14.9 Å². The van der Waals surface area contributed by atoms with Crippen molar-refractivity contribution in [3.8, 4) is 0 Å². The molecule has 1 fully saturated rings. The molecule has 3 atom stereocenters. The van der Waals surface area contributed by atoms with Crippen LogP contribution in [0.3, 0.4) is 0 Å². The van der Waals surface area contributed by atoms with Gasteiger partial charge >= 0.3 is 0 Å². The molecule has 0 aromatic carbocycles. The number of aromatic nitrogens is 2. The van der Waals surface area contributed by atoms with Crippen molar-refractivity contribution in [2.45, 2.75) is 32.4 Å². The normalized spacial score (nSPS) is 27.8. The summed E-state index contributed by atoms with van der Waals surface area (Å²) in [4.78, 5) is 15.7. The maximum Gasteiger partial charge on any atom is 0.134 e. The minimum Gasteiger partial charge on any atom is -0.391 e. The fourth-order valence-corrected chi connectivity index (χ4v) is 3.91. The number of hydrogen-bond donors (Lipinski definition) is 1. The lowest BCUT2D eigenvalue weighted by molar-refractivity contribution is 0.191. The fourth-order valence-electron chi connectivity index (χ4n) is 3.91. The van der Waals surface area contributed by atoms with Crippen molar-refractivity contribution in [2.75, 3.05) is 50.1 Å². The predicted molar refractivity (Wildman–Crippen MR) is 97.5 cm³/mol. The van der Waals surface area contributed by atoms with E-state index < -0.39 is 0 Å². The minimum absolute atomic E-state index is 0.284. The third-order valence-corrected chi connectivity index (χ3v) is 4.74. The molecule has 24 heavy (non-hydrogen) atoms.